The Bertz CT molecular complexity index is 609. The van der Waals surface area contributed by atoms with E-state index in [1.54, 1.807) is 0 Å². The summed E-state index contributed by atoms with van der Waals surface area (Å²) in [6.07, 6.45) is 3.84. The summed E-state index contributed by atoms with van der Waals surface area (Å²) in [6.45, 7) is 4.33. The van der Waals surface area contributed by atoms with E-state index in [0.29, 0.717) is 6.04 Å². The van der Waals surface area contributed by atoms with Crippen molar-refractivity contribution < 1.29 is 0 Å². The summed E-state index contributed by atoms with van der Waals surface area (Å²) >= 11 is 0. The zero-order chi connectivity index (χ0) is 15.4. The predicted molar refractivity (Wildman–Crippen MR) is 92.0 cm³/mol. The van der Waals surface area contributed by atoms with E-state index in [4.69, 9.17) is 0 Å². The summed E-state index contributed by atoms with van der Waals surface area (Å²) in [7, 11) is 1.92. The quantitative estimate of drug-likeness (QED) is 0.918. The van der Waals surface area contributed by atoms with Gasteiger partial charge in [-0.2, -0.15) is 0 Å². The third-order valence-corrected chi connectivity index (χ3v) is 4.58. The molecule has 1 fully saturated rings. The van der Waals surface area contributed by atoms with Crippen LogP contribution >= 0.6 is 0 Å². The van der Waals surface area contributed by atoms with Crippen molar-refractivity contribution in [3.05, 3.63) is 59.3 Å². The number of pyridine rings is 1. The Morgan fingerprint density at radius 3 is 2.68 bits per heavy atom. The van der Waals surface area contributed by atoms with Crippen LogP contribution in [0.25, 0.3) is 0 Å². The average molecular weight is 295 g/mol. The van der Waals surface area contributed by atoms with Crippen molar-refractivity contribution in [3.8, 4) is 0 Å². The minimum atomic E-state index is 0.493. The highest BCUT2D eigenvalue weighted by molar-refractivity contribution is 5.39. The molecule has 0 bridgehead atoms. The summed E-state index contributed by atoms with van der Waals surface area (Å²) < 4.78 is 0. The largest absolute Gasteiger partial charge is 0.373 e. The van der Waals surface area contributed by atoms with E-state index in [9.17, 15) is 0 Å². The van der Waals surface area contributed by atoms with Gasteiger partial charge in [0.1, 0.15) is 5.82 Å². The smallest absolute Gasteiger partial charge is 0.125 e. The van der Waals surface area contributed by atoms with Gasteiger partial charge in [0.15, 0.2) is 0 Å². The summed E-state index contributed by atoms with van der Waals surface area (Å²) in [4.78, 5) is 7.28. The number of nitrogens with zero attached hydrogens (tertiary/aromatic N) is 2. The topological polar surface area (TPSA) is 28.2 Å². The minimum Gasteiger partial charge on any atom is -0.373 e. The van der Waals surface area contributed by atoms with Gasteiger partial charge in [-0.15, -0.1) is 0 Å². The predicted octanol–water partition coefficient (Wildman–Crippen LogP) is 4.16. The van der Waals surface area contributed by atoms with Crippen LogP contribution in [0.5, 0.6) is 0 Å². The molecule has 3 rings (SSSR count). The van der Waals surface area contributed by atoms with Crippen LogP contribution in [0.15, 0.2) is 42.5 Å². The van der Waals surface area contributed by atoms with E-state index >= 15 is 0 Å². The van der Waals surface area contributed by atoms with Crippen molar-refractivity contribution >= 4 is 5.82 Å². The van der Waals surface area contributed by atoms with E-state index in [1.165, 1.54) is 36.9 Å². The molecular formula is C19H25N3. The maximum absolute atomic E-state index is 4.67. The Hall–Kier alpha value is -1.87. The molecule has 0 spiro atoms. The summed E-state index contributed by atoms with van der Waals surface area (Å²) in [5, 5.41) is 3.12. The first kappa shape index (κ1) is 15.0. The number of aryl methyl sites for hydroxylation is 1. The second-order valence-electron chi connectivity index (χ2n) is 6.09. The number of hydrogen-bond donors (Lipinski definition) is 1. The summed E-state index contributed by atoms with van der Waals surface area (Å²) in [6, 6.07) is 15.6. The van der Waals surface area contributed by atoms with Gasteiger partial charge in [0.05, 0.1) is 0 Å². The molecule has 22 heavy (non-hydrogen) atoms. The molecule has 0 radical (unpaired) electrons. The molecule has 0 aliphatic carbocycles. The van der Waals surface area contributed by atoms with Crippen LogP contribution in [0.2, 0.25) is 0 Å². The van der Waals surface area contributed by atoms with E-state index < -0.39 is 0 Å². The standard InChI is InChI=1S/C19H25N3/c1-15-17(11-12-19(20-2)21-15)18-10-6-7-13-22(18)14-16-8-4-3-5-9-16/h3-5,8-9,11-12,18H,6-7,10,13-14H2,1-2H3,(H,20,21)/t18-/m0/s1. The van der Waals surface area contributed by atoms with E-state index in [1.807, 2.05) is 7.05 Å². The Kier molecular flexibility index (Phi) is 4.74. The van der Waals surface area contributed by atoms with Crippen LogP contribution in [-0.4, -0.2) is 23.5 Å². The van der Waals surface area contributed by atoms with Crippen molar-refractivity contribution in [2.24, 2.45) is 0 Å². The van der Waals surface area contributed by atoms with Crippen LogP contribution < -0.4 is 5.32 Å². The summed E-state index contributed by atoms with van der Waals surface area (Å²) in [5.74, 6) is 0.951. The molecule has 2 aromatic rings. The molecule has 1 aromatic carbocycles. The molecule has 3 heteroatoms. The number of nitrogens with one attached hydrogen (secondary N) is 1. The fraction of sp³-hybridized carbons (Fsp3) is 0.421. The third-order valence-electron chi connectivity index (χ3n) is 4.58. The number of likely N-dealkylation sites (tertiary alicyclic amines) is 1. The van der Waals surface area contributed by atoms with Crippen LogP contribution in [0.1, 0.15) is 42.1 Å². The van der Waals surface area contributed by atoms with Crippen molar-refractivity contribution in [2.45, 2.75) is 38.8 Å². The number of aromatic nitrogens is 1. The minimum absolute atomic E-state index is 0.493. The lowest BCUT2D eigenvalue weighted by molar-refractivity contribution is 0.139. The third kappa shape index (κ3) is 3.30. The van der Waals surface area contributed by atoms with E-state index in [-0.39, 0.29) is 0 Å². The van der Waals surface area contributed by atoms with Crippen molar-refractivity contribution in [3.63, 3.8) is 0 Å². The monoisotopic (exact) mass is 295 g/mol. The first-order valence-corrected chi connectivity index (χ1v) is 8.21. The Morgan fingerprint density at radius 2 is 1.95 bits per heavy atom. The Balaban J connectivity index is 1.83. The fourth-order valence-corrected chi connectivity index (χ4v) is 3.41. The van der Waals surface area contributed by atoms with Gasteiger partial charge in [-0.05, 0) is 43.5 Å². The van der Waals surface area contributed by atoms with E-state index in [0.717, 1.165) is 18.1 Å². The number of rotatable bonds is 4. The first-order valence-electron chi connectivity index (χ1n) is 8.21. The highest BCUT2D eigenvalue weighted by Gasteiger charge is 2.25. The van der Waals surface area contributed by atoms with Gasteiger partial charge in [0.2, 0.25) is 0 Å². The van der Waals surface area contributed by atoms with Crippen LogP contribution in [0, 0.1) is 6.92 Å². The maximum Gasteiger partial charge on any atom is 0.125 e. The average Bonchev–Trinajstić information content (AvgIpc) is 2.56. The molecule has 116 valence electrons. The van der Waals surface area contributed by atoms with Crippen molar-refractivity contribution in [1.29, 1.82) is 0 Å². The maximum atomic E-state index is 4.67. The molecule has 3 nitrogen and oxygen atoms in total. The van der Waals surface area contributed by atoms with Gasteiger partial charge in [-0.25, -0.2) is 4.98 Å². The van der Waals surface area contributed by atoms with Crippen molar-refractivity contribution in [2.75, 3.05) is 18.9 Å². The second-order valence-corrected chi connectivity index (χ2v) is 6.09. The first-order chi connectivity index (χ1) is 10.8. The molecule has 2 heterocycles. The van der Waals surface area contributed by atoms with Gasteiger partial charge in [-0.1, -0.05) is 42.8 Å². The molecular weight excluding hydrogens is 270 g/mol. The highest BCUT2D eigenvalue weighted by atomic mass is 15.2. The van der Waals surface area contributed by atoms with Gasteiger partial charge in [-0.3, -0.25) is 4.90 Å². The van der Waals surface area contributed by atoms with Gasteiger partial charge < -0.3 is 5.32 Å². The summed E-state index contributed by atoms with van der Waals surface area (Å²) in [5.41, 5.74) is 3.93. The highest BCUT2D eigenvalue weighted by Crippen LogP contribution is 2.33. The van der Waals surface area contributed by atoms with Gasteiger partial charge >= 0.3 is 0 Å². The lowest BCUT2D eigenvalue weighted by Gasteiger charge is -2.36. The van der Waals surface area contributed by atoms with Gasteiger partial charge in [0.25, 0.3) is 0 Å². The Morgan fingerprint density at radius 1 is 1.14 bits per heavy atom. The zero-order valence-electron chi connectivity index (χ0n) is 13.5. The molecule has 1 atom stereocenters. The normalized spacial score (nSPS) is 19.1. The van der Waals surface area contributed by atoms with Crippen LogP contribution in [0.4, 0.5) is 5.82 Å². The van der Waals surface area contributed by atoms with Crippen molar-refractivity contribution in [1.82, 2.24) is 9.88 Å². The SMILES string of the molecule is CNc1ccc([C@@H]2CCCCN2Cc2ccccc2)c(C)n1. The molecule has 1 aromatic heterocycles. The van der Waals surface area contributed by atoms with Gasteiger partial charge in [0, 0.05) is 25.3 Å². The lowest BCUT2D eigenvalue weighted by Crippen LogP contribution is -2.33. The number of benzene rings is 1. The van der Waals surface area contributed by atoms with Crippen LogP contribution in [-0.2, 0) is 6.54 Å². The molecule has 1 aliphatic rings. The Labute approximate surface area is 133 Å². The molecule has 0 saturated carbocycles. The fourth-order valence-electron chi connectivity index (χ4n) is 3.41. The number of piperidine rings is 1. The molecule has 1 N–H and O–H groups in total. The molecule has 1 saturated heterocycles. The van der Waals surface area contributed by atoms with Crippen LogP contribution in [0.3, 0.4) is 0 Å². The molecule has 0 unspecified atom stereocenters. The zero-order valence-corrected chi connectivity index (χ0v) is 13.5. The van der Waals surface area contributed by atoms with E-state index in [2.05, 4.69) is 64.6 Å². The number of hydrogen-bond acceptors (Lipinski definition) is 3. The molecule has 1 aliphatic heterocycles. The second kappa shape index (κ2) is 6.93. The number of anilines is 1. The lowest BCUT2D eigenvalue weighted by atomic mass is 9.93. The molecule has 0 amide bonds.